The number of amides is 2. The minimum atomic E-state index is -0.202. The molecule has 24 heavy (non-hydrogen) atoms. The number of rotatable bonds is 3. The average Bonchev–Trinajstić information content (AvgIpc) is 2.97. The van der Waals surface area contributed by atoms with E-state index in [1.54, 1.807) is 0 Å². The SMILES string of the molecule is CCN1C(=O)S/C(=C\c2cc(C)n(-c3ccc(I)cc3)c2C)C1=O. The van der Waals surface area contributed by atoms with Crippen molar-refractivity contribution in [2.75, 3.05) is 6.54 Å². The van der Waals surface area contributed by atoms with E-state index in [9.17, 15) is 9.59 Å². The highest BCUT2D eigenvalue weighted by Gasteiger charge is 2.33. The van der Waals surface area contributed by atoms with E-state index in [-0.39, 0.29) is 11.1 Å². The van der Waals surface area contributed by atoms with Crippen molar-refractivity contribution >= 4 is 51.6 Å². The fourth-order valence-corrected chi connectivity index (χ4v) is 4.09. The van der Waals surface area contributed by atoms with Crippen LogP contribution in [0.2, 0.25) is 0 Å². The van der Waals surface area contributed by atoms with Gasteiger partial charge in [-0.15, -0.1) is 0 Å². The van der Waals surface area contributed by atoms with Gasteiger partial charge in [0.15, 0.2) is 0 Å². The van der Waals surface area contributed by atoms with Crippen LogP contribution < -0.4 is 0 Å². The van der Waals surface area contributed by atoms with Crippen LogP contribution in [0.15, 0.2) is 35.2 Å². The predicted molar refractivity (Wildman–Crippen MR) is 106 cm³/mol. The Bertz CT molecular complexity index is 853. The van der Waals surface area contributed by atoms with Crippen molar-refractivity contribution in [1.82, 2.24) is 9.47 Å². The Morgan fingerprint density at radius 2 is 1.83 bits per heavy atom. The summed E-state index contributed by atoms with van der Waals surface area (Å²) < 4.78 is 3.35. The zero-order valence-corrected chi connectivity index (χ0v) is 16.6. The third-order valence-corrected chi connectivity index (χ3v) is 5.66. The molecular weight excluding hydrogens is 435 g/mol. The van der Waals surface area contributed by atoms with Crippen LogP contribution in [0.5, 0.6) is 0 Å². The standard InChI is InChI=1S/C18H17IN2O2S/c1-4-20-17(22)16(24-18(20)23)10-13-9-11(2)21(12(13)3)15-7-5-14(19)6-8-15/h5-10H,4H2,1-3H3/b16-10-. The summed E-state index contributed by atoms with van der Waals surface area (Å²) in [6.45, 7) is 6.28. The molecule has 1 aromatic carbocycles. The fourth-order valence-electron chi connectivity index (χ4n) is 2.84. The van der Waals surface area contributed by atoms with Crippen LogP contribution in [0.25, 0.3) is 11.8 Å². The van der Waals surface area contributed by atoms with E-state index in [4.69, 9.17) is 0 Å². The van der Waals surface area contributed by atoms with E-state index in [1.165, 1.54) is 8.47 Å². The van der Waals surface area contributed by atoms with Crippen molar-refractivity contribution in [3.8, 4) is 5.69 Å². The number of carbonyl (C=O) groups excluding carboxylic acids is 2. The molecule has 0 saturated carbocycles. The molecule has 0 N–H and O–H groups in total. The minimum Gasteiger partial charge on any atom is -0.318 e. The number of benzene rings is 1. The van der Waals surface area contributed by atoms with Gasteiger partial charge in [0.1, 0.15) is 0 Å². The van der Waals surface area contributed by atoms with Crippen LogP contribution in [-0.4, -0.2) is 27.2 Å². The minimum absolute atomic E-state index is 0.194. The van der Waals surface area contributed by atoms with Crippen molar-refractivity contribution in [3.05, 3.63) is 55.8 Å². The maximum absolute atomic E-state index is 12.3. The molecule has 1 aliphatic heterocycles. The molecule has 4 nitrogen and oxygen atoms in total. The van der Waals surface area contributed by atoms with Crippen LogP contribution >= 0.6 is 34.4 Å². The molecule has 0 unspecified atom stereocenters. The molecule has 6 heteroatoms. The maximum Gasteiger partial charge on any atom is 0.293 e. The summed E-state index contributed by atoms with van der Waals surface area (Å²) in [5.41, 5.74) is 4.20. The van der Waals surface area contributed by atoms with Gasteiger partial charge in [-0.3, -0.25) is 14.5 Å². The first-order valence-electron chi connectivity index (χ1n) is 7.62. The Kier molecular flexibility index (Phi) is 4.87. The van der Waals surface area contributed by atoms with E-state index < -0.39 is 0 Å². The number of aromatic nitrogens is 1. The molecule has 2 amide bonds. The van der Waals surface area contributed by atoms with Crippen LogP contribution in [0.1, 0.15) is 23.9 Å². The number of likely N-dealkylation sites (N-methyl/N-ethyl adjacent to an activating group) is 1. The van der Waals surface area contributed by atoms with Gasteiger partial charge in [0, 0.05) is 27.2 Å². The predicted octanol–water partition coefficient (Wildman–Crippen LogP) is 4.75. The van der Waals surface area contributed by atoms with E-state index >= 15 is 0 Å². The highest BCUT2D eigenvalue weighted by atomic mass is 127. The summed E-state index contributed by atoms with van der Waals surface area (Å²) in [5.74, 6) is -0.202. The molecule has 0 radical (unpaired) electrons. The van der Waals surface area contributed by atoms with E-state index in [2.05, 4.69) is 51.4 Å². The van der Waals surface area contributed by atoms with Gasteiger partial charge in [0.25, 0.3) is 11.1 Å². The fraction of sp³-hybridized carbons (Fsp3) is 0.222. The lowest BCUT2D eigenvalue weighted by molar-refractivity contribution is -0.122. The largest absolute Gasteiger partial charge is 0.318 e. The highest BCUT2D eigenvalue weighted by molar-refractivity contribution is 14.1. The lowest BCUT2D eigenvalue weighted by atomic mass is 10.2. The Balaban J connectivity index is 2.01. The Morgan fingerprint density at radius 1 is 1.17 bits per heavy atom. The Morgan fingerprint density at radius 3 is 2.42 bits per heavy atom. The molecule has 1 aromatic heterocycles. The third-order valence-electron chi connectivity index (χ3n) is 4.03. The summed E-state index contributed by atoms with van der Waals surface area (Å²) >= 11 is 3.30. The van der Waals surface area contributed by atoms with Crippen LogP contribution in [-0.2, 0) is 4.79 Å². The van der Waals surface area contributed by atoms with Crippen molar-refractivity contribution in [3.63, 3.8) is 0 Å². The van der Waals surface area contributed by atoms with Gasteiger partial charge < -0.3 is 4.57 Å². The van der Waals surface area contributed by atoms with Crippen molar-refractivity contribution in [2.45, 2.75) is 20.8 Å². The lowest BCUT2D eigenvalue weighted by Crippen LogP contribution is -2.27. The van der Waals surface area contributed by atoms with Crippen molar-refractivity contribution in [1.29, 1.82) is 0 Å². The quantitative estimate of drug-likeness (QED) is 0.499. The molecular formula is C18H17IN2O2S. The normalized spacial score (nSPS) is 16.5. The highest BCUT2D eigenvalue weighted by Crippen LogP contribution is 2.33. The van der Waals surface area contributed by atoms with Gasteiger partial charge in [0.05, 0.1) is 4.91 Å². The third kappa shape index (κ3) is 3.04. The maximum atomic E-state index is 12.3. The van der Waals surface area contributed by atoms with Gasteiger partial charge in [0.2, 0.25) is 0 Å². The molecule has 0 atom stereocenters. The van der Waals surface area contributed by atoms with Crippen molar-refractivity contribution in [2.24, 2.45) is 0 Å². The molecule has 3 rings (SSSR count). The molecule has 1 fully saturated rings. The molecule has 1 aliphatic rings. The zero-order valence-electron chi connectivity index (χ0n) is 13.7. The van der Waals surface area contributed by atoms with Gasteiger partial charge >= 0.3 is 0 Å². The van der Waals surface area contributed by atoms with Crippen molar-refractivity contribution < 1.29 is 9.59 Å². The number of aryl methyl sites for hydroxylation is 1. The summed E-state index contributed by atoms with van der Waals surface area (Å²) in [7, 11) is 0. The summed E-state index contributed by atoms with van der Waals surface area (Å²) in [4.78, 5) is 25.9. The topological polar surface area (TPSA) is 42.3 Å². The van der Waals surface area contributed by atoms with E-state index in [1.807, 2.05) is 32.9 Å². The second-order valence-electron chi connectivity index (χ2n) is 5.56. The molecule has 2 heterocycles. The number of halogens is 1. The first kappa shape index (κ1) is 17.3. The smallest absolute Gasteiger partial charge is 0.293 e. The molecule has 0 aliphatic carbocycles. The monoisotopic (exact) mass is 452 g/mol. The second-order valence-corrected chi connectivity index (χ2v) is 7.80. The summed E-state index contributed by atoms with van der Waals surface area (Å²) in [5, 5.41) is -0.194. The van der Waals surface area contributed by atoms with E-state index in [0.29, 0.717) is 11.4 Å². The number of thioether (sulfide) groups is 1. The lowest BCUT2D eigenvalue weighted by Gasteiger charge is -2.09. The van der Waals surface area contributed by atoms with Crippen LogP contribution in [0.4, 0.5) is 4.79 Å². The first-order chi connectivity index (χ1) is 11.4. The molecule has 124 valence electrons. The second kappa shape index (κ2) is 6.76. The van der Waals surface area contributed by atoms with Gasteiger partial charge in [-0.1, -0.05) is 0 Å². The average molecular weight is 452 g/mol. The van der Waals surface area contributed by atoms with Gasteiger partial charge in [-0.25, -0.2) is 0 Å². The van der Waals surface area contributed by atoms with Gasteiger partial charge in [-0.05, 0) is 97.1 Å². The van der Waals surface area contributed by atoms with Crippen LogP contribution in [0.3, 0.4) is 0 Å². The molecule has 0 spiro atoms. The number of hydrogen-bond donors (Lipinski definition) is 0. The summed E-state index contributed by atoms with van der Waals surface area (Å²) in [6, 6.07) is 10.3. The summed E-state index contributed by atoms with van der Waals surface area (Å²) in [6.07, 6.45) is 1.83. The number of nitrogens with zero attached hydrogens (tertiary/aromatic N) is 2. The number of imide groups is 1. The number of carbonyl (C=O) groups is 2. The first-order valence-corrected chi connectivity index (χ1v) is 9.52. The van der Waals surface area contributed by atoms with Crippen LogP contribution in [0, 0.1) is 17.4 Å². The molecule has 1 saturated heterocycles. The number of hydrogen-bond acceptors (Lipinski definition) is 3. The van der Waals surface area contributed by atoms with Gasteiger partial charge in [-0.2, -0.15) is 0 Å². The Labute approximate surface area is 159 Å². The van der Waals surface area contributed by atoms with E-state index in [0.717, 1.165) is 34.4 Å². The zero-order chi connectivity index (χ0) is 17.4. The molecule has 2 aromatic rings. The molecule has 0 bridgehead atoms. The Hall–Kier alpha value is -1.54.